The summed E-state index contributed by atoms with van der Waals surface area (Å²) in [5.74, 6) is 0.449. The molecule has 6 rings (SSSR count). The van der Waals surface area contributed by atoms with Crippen molar-refractivity contribution in [2.24, 2.45) is 5.92 Å². The van der Waals surface area contributed by atoms with E-state index in [1.54, 1.807) is 0 Å². The van der Waals surface area contributed by atoms with E-state index in [0.29, 0.717) is 23.8 Å². The molecule has 3 nitrogen and oxygen atoms in total. The van der Waals surface area contributed by atoms with Gasteiger partial charge in [-0.05, 0) is 73.5 Å². The summed E-state index contributed by atoms with van der Waals surface area (Å²) in [5, 5.41) is 0.690. The third-order valence-electron chi connectivity index (χ3n) is 6.74. The lowest BCUT2D eigenvalue weighted by molar-refractivity contribution is -0.165. The standard InChI is InChI=1S/C23H24ClNO2/c24-20-7-5-19(6-8-20)23(13-17-3-1-2-4-18(17)14-23)22(26)27-21-15-25-11-9-16(21)10-12-25/h1-8,16,21H,9-15H2. The molecule has 0 spiro atoms. The minimum atomic E-state index is -0.639. The van der Waals surface area contributed by atoms with Crippen molar-refractivity contribution in [2.75, 3.05) is 19.6 Å². The second-order valence-electron chi connectivity index (χ2n) is 8.29. The smallest absolute Gasteiger partial charge is 0.317 e. The number of rotatable bonds is 3. The van der Waals surface area contributed by atoms with E-state index in [1.807, 2.05) is 24.3 Å². The molecule has 1 unspecified atom stereocenters. The fourth-order valence-corrected chi connectivity index (χ4v) is 5.27. The predicted octanol–water partition coefficient (Wildman–Crippen LogP) is 4.01. The Bertz CT molecular complexity index is 830. The van der Waals surface area contributed by atoms with Crippen LogP contribution in [-0.4, -0.2) is 36.6 Å². The van der Waals surface area contributed by atoms with E-state index >= 15 is 0 Å². The highest BCUT2D eigenvalue weighted by molar-refractivity contribution is 6.30. The lowest BCUT2D eigenvalue weighted by Gasteiger charge is -2.45. The molecular weight excluding hydrogens is 358 g/mol. The van der Waals surface area contributed by atoms with Gasteiger partial charge in [0.25, 0.3) is 0 Å². The van der Waals surface area contributed by atoms with Gasteiger partial charge < -0.3 is 4.74 Å². The van der Waals surface area contributed by atoms with Crippen LogP contribution in [0.1, 0.15) is 29.5 Å². The van der Waals surface area contributed by atoms with Gasteiger partial charge in [0.05, 0.1) is 0 Å². The van der Waals surface area contributed by atoms with Gasteiger partial charge in [0.2, 0.25) is 0 Å². The summed E-state index contributed by atoms with van der Waals surface area (Å²) < 4.78 is 6.21. The molecule has 0 saturated carbocycles. The molecule has 1 atom stereocenters. The van der Waals surface area contributed by atoms with Gasteiger partial charge in [-0.1, -0.05) is 48.0 Å². The van der Waals surface area contributed by atoms with E-state index in [4.69, 9.17) is 16.3 Å². The summed E-state index contributed by atoms with van der Waals surface area (Å²) in [6.45, 7) is 3.18. The molecule has 3 saturated heterocycles. The fraction of sp³-hybridized carbons (Fsp3) is 0.435. The zero-order valence-electron chi connectivity index (χ0n) is 15.4. The second-order valence-corrected chi connectivity index (χ2v) is 8.73. The molecule has 0 amide bonds. The Hall–Kier alpha value is -1.84. The first kappa shape index (κ1) is 17.3. The largest absolute Gasteiger partial charge is 0.460 e. The Balaban J connectivity index is 1.47. The number of nitrogens with zero attached hydrogens (tertiary/aromatic N) is 1. The first-order valence-corrected chi connectivity index (χ1v) is 10.3. The van der Waals surface area contributed by atoms with E-state index in [0.717, 1.165) is 38.0 Å². The summed E-state index contributed by atoms with van der Waals surface area (Å²) >= 11 is 6.11. The molecule has 2 bridgehead atoms. The van der Waals surface area contributed by atoms with Crippen molar-refractivity contribution in [1.29, 1.82) is 0 Å². The molecule has 0 N–H and O–H groups in total. The van der Waals surface area contributed by atoms with Gasteiger partial charge in [-0.25, -0.2) is 0 Å². The average Bonchev–Trinajstić information content (AvgIpc) is 3.10. The quantitative estimate of drug-likeness (QED) is 0.752. The van der Waals surface area contributed by atoms with Crippen LogP contribution in [0, 0.1) is 5.92 Å². The summed E-state index contributed by atoms with van der Waals surface area (Å²) in [4.78, 5) is 16.0. The van der Waals surface area contributed by atoms with E-state index < -0.39 is 5.41 Å². The normalized spacial score (nSPS) is 28.0. The van der Waals surface area contributed by atoms with Crippen LogP contribution in [-0.2, 0) is 27.8 Å². The van der Waals surface area contributed by atoms with Gasteiger partial charge in [0, 0.05) is 11.6 Å². The van der Waals surface area contributed by atoms with Gasteiger partial charge in [0.1, 0.15) is 11.5 Å². The van der Waals surface area contributed by atoms with E-state index in [9.17, 15) is 4.79 Å². The highest BCUT2D eigenvalue weighted by Crippen LogP contribution is 2.42. The number of fused-ring (bicyclic) bond motifs is 4. The maximum atomic E-state index is 13.6. The van der Waals surface area contributed by atoms with Gasteiger partial charge in [-0.15, -0.1) is 0 Å². The van der Waals surface area contributed by atoms with Gasteiger partial charge in [0.15, 0.2) is 0 Å². The number of carbonyl (C=O) groups excluding carboxylic acids is 1. The predicted molar refractivity (Wildman–Crippen MR) is 106 cm³/mol. The van der Waals surface area contributed by atoms with Crippen molar-refractivity contribution in [2.45, 2.75) is 37.2 Å². The number of carbonyl (C=O) groups is 1. The average molecular weight is 382 g/mol. The van der Waals surface area contributed by atoms with Gasteiger partial charge >= 0.3 is 5.97 Å². The first-order chi connectivity index (χ1) is 13.1. The van der Waals surface area contributed by atoms with Crippen molar-refractivity contribution in [1.82, 2.24) is 4.90 Å². The molecule has 27 heavy (non-hydrogen) atoms. The van der Waals surface area contributed by atoms with Crippen molar-refractivity contribution < 1.29 is 9.53 Å². The minimum absolute atomic E-state index is 0.0351. The Labute approximate surface area is 165 Å². The Morgan fingerprint density at radius 2 is 1.63 bits per heavy atom. The zero-order valence-corrected chi connectivity index (χ0v) is 16.1. The van der Waals surface area contributed by atoms with E-state index in [-0.39, 0.29) is 12.1 Å². The highest BCUT2D eigenvalue weighted by atomic mass is 35.5. The molecule has 2 aromatic carbocycles. The van der Waals surface area contributed by atoms with Crippen molar-refractivity contribution >= 4 is 17.6 Å². The minimum Gasteiger partial charge on any atom is -0.460 e. The monoisotopic (exact) mass is 381 g/mol. The van der Waals surface area contributed by atoms with Gasteiger partial charge in [-0.3, -0.25) is 9.69 Å². The number of benzene rings is 2. The number of hydrogen-bond acceptors (Lipinski definition) is 3. The summed E-state index contributed by atoms with van der Waals surface area (Å²) in [5.41, 5.74) is 2.87. The molecule has 3 fully saturated rings. The van der Waals surface area contributed by atoms with Crippen LogP contribution >= 0.6 is 11.6 Å². The third-order valence-corrected chi connectivity index (χ3v) is 7.00. The van der Waals surface area contributed by atoms with Crippen LogP contribution in [0.4, 0.5) is 0 Å². The van der Waals surface area contributed by atoms with Crippen LogP contribution in [0.5, 0.6) is 0 Å². The van der Waals surface area contributed by atoms with Crippen molar-refractivity contribution in [3.63, 3.8) is 0 Å². The lowest BCUT2D eigenvalue weighted by Crippen LogP contribution is -2.53. The Kier molecular flexibility index (Phi) is 4.25. The number of hydrogen-bond donors (Lipinski definition) is 0. The zero-order chi connectivity index (χ0) is 18.4. The number of halogens is 1. The Morgan fingerprint density at radius 3 is 2.19 bits per heavy atom. The number of piperidine rings is 3. The van der Waals surface area contributed by atoms with Crippen LogP contribution in [0.2, 0.25) is 5.02 Å². The molecule has 3 heterocycles. The first-order valence-electron chi connectivity index (χ1n) is 9.90. The fourth-order valence-electron chi connectivity index (χ4n) is 5.15. The lowest BCUT2D eigenvalue weighted by atomic mass is 9.77. The second kappa shape index (κ2) is 6.65. The molecule has 0 aromatic heterocycles. The van der Waals surface area contributed by atoms with Gasteiger partial charge in [-0.2, -0.15) is 0 Å². The van der Waals surface area contributed by atoms with Crippen molar-refractivity contribution in [3.05, 3.63) is 70.2 Å². The Morgan fingerprint density at radius 1 is 1.00 bits per heavy atom. The summed E-state index contributed by atoms with van der Waals surface area (Å²) in [6, 6.07) is 16.1. The topological polar surface area (TPSA) is 29.5 Å². The molecule has 2 aromatic rings. The van der Waals surface area contributed by atoms with E-state index in [1.165, 1.54) is 11.1 Å². The third kappa shape index (κ3) is 2.97. The molecule has 4 heteroatoms. The number of esters is 1. The van der Waals surface area contributed by atoms with Crippen LogP contribution in [0.25, 0.3) is 0 Å². The molecule has 0 radical (unpaired) electrons. The maximum absolute atomic E-state index is 13.6. The molecule has 140 valence electrons. The van der Waals surface area contributed by atoms with Crippen LogP contribution in [0.15, 0.2) is 48.5 Å². The summed E-state index contributed by atoms with van der Waals surface area (Å²) in [6.07, 6.45) is 3.72. The highest BCUT2D eigenvalue weighted by Gasteiger charge is 2.48. The van der Waals surface area contributed by atoms with E-state index in [2.05, 4.69) is 29.2 Å². The SMILES string of the molecule is O=C(OC1CN2CCC1CC2)C1(c2ccc(Cl)cc2)Cc2ccccc2C1. The van der Waals surface area contributed by atoms with Crippen LogP contribution in [0.3, 0.4) is 0 Å². The molecule has 4 aliphatic rings. The van der Waals surface area contributed by atoms with Crippen molar-refractivity contribution in [3.8, 4) is 0 Å². The summed E-state index contributed by atoms with van der Waals surface area (Å²) in [7, 11) is 0. The molecule has 3 aliphatic heterocycles. The maximum Gasteiger partial charge on any atom is 0.317 e. The molecular formula is C23H24ClNO2. The number of ether oxygens (including phenoxy) is 1. The van der Waals surface area contributed by atoms with Crippen LogP contribution < -0.4 is 0 Å². The molecule has 1 aliphatic carbocycles.